The number of hydrogen-bond acceptors (Lipinski definition) is 7. The van der Waals surface area contributed by atoms with Crippen LogP contribution in [0.2, 0.25) is 0 Å². The molecule has 0 saturated carbocycles. The average Bonchev–Trinajstić information content (AvgIpc) is 3.02. The molecule has 0 fully saturated rings. The Hall–Kier alpha value is -3.63. The maximum atomic E-state index is 10.6. The molecule has 0 saturated heterocycles. The zero-order valence-corrected chi connectivity index (χ0v) is 17.2. The number of carboxylic acids is 1. The first-order valence-corrected chi connectivity index (χ1v) is 9.88. The molecule has 1 N–H and O–H groups in total. The lowest BCUT2D eigenvalue weighted by Gasteiger charge is -2.19. The minimum absolute atomic E-state index is 0.792. The van der Waals surface area contributed by atoms with Gasteiger partial charge >= 0.3 is 12.1 Å². The molecular formula is C21H21F3N6O2. The summed E-state index contributed by atoms with van der Waals surface area (Å²) < 4.78 is 31.7. The van der Waals surface area contributed by atoms with Crippen LogP contribution in [-0.4, -0.2) is 55.3 Å². The number of anilines is 1. The van der Waals surface area contributed by atoms with Crippen molar-refractivity contribution in [3.8, 4) is 11.3 Å². The lowest BCUT2D eigenvalue weighted by Crippen LogP contribution is -2.27. The van der Waals surface area contributed by atoms with Gasteiger partial charge in [0.2, 0.25) is 5.95 Å². The molecule has 168 valence electrons. The van der Waals surface area contributed by atoms with E-state index in [1.54, 1.807) is 12.5 Å². The van der Waals surface area contributed by atoms with E-state index in [2.05, 4.69) is 36.7 Å². The summed E-state index contributed by atoms with van der Waals surface area (Å²) in [5, 5.41) is 7.12. The summed E-state index contributed by atoms with van der Waals surface area (Å²) in [7, 11) is 0. The first-order valence-electron chi connectivity index (χ1n) is 9.88. The van der Waals surface area contributed by atoms with E-state index in [1.165, 1.54) is 5.56 Å². The zero-order valence-electron chi connectivity index (χ0n) is 17.2. The van der Waals surface area contributed by atoms with Crippen LogP contribution in [-0.2, 0) is 24.1 Å². The molecule has 8 nitrogen and oxygen atoms in total. The fourth-order valence-electron chi connectivity index (χ4n) is 3.17. The van der Waals surface area contributed by atoms with Crippen molar-refractivity contribution < 1.29 is 23.1 Å². The Kier molecular flexibility index (Phi) is 7.29. The van der Waals surface area contributed by atoms with Gasteiger partial charge in [-0.15, -0.1) is 0 Å². The summed E-state index contributed by atoms with van der Waals surface area (Å²) in [6.45, 7) is 3.83. The normalized spacial score (nSPS) is 13.4. The molecule has 0 bridgehead atoms. The second kappa shape index (κ2) is 10.1. The van der Waals surface area contributed by atoms with Gasteiger partial charge in [-0.05, 0) is 30.5 Å². The molecule has 4 heterocycles. The van der Waals surface area contributed by atoms with Crippen LogP contribution < -0.4 is 4.90 Å². The summed E-state index contributed by atoms with van der Waals surface area (Å²) >= 11 is 0. The van der Waals surface area contributed by atoms with Gasteiger partial charge < -0.3 is 10.0 Å². The van der Waals surface area contributed by atoms with Gasteiger partial charge in [0.05, 0.1) is 5.69 Å². The highest BCUT2D eigenvalue weighted by Gasteiger charge is 2.38. The molecule has 1 aliphatic heterocycles. The molecule has 3 aromatic heterocycles. The third kappa shape index (κ3) is 5.74. The predicted molar refractivity (Wildman–Crippen MR) is 110 cm³/mol. The second-order valence-corrected chi connectivity index (χ2v) is 6.92. The highest BCUT2D eigenvalue weighted by Crippen LogP contribution is 2.26. The Morgan fingerprint density at radius 1 is 1.09 bits per heavy atom. The van der Waals surface area contributed by atoms with Gasteiger partial charge in [-0.3, -0.25) is 4.98 Å². The first-order chi connectivity index (χ1) is 15.3. The molecule has 0 aromatic carbocycles. The zero-order chi connectivity index (χ0) is 23.1. The van der Waals surface area contributed by atoms with Gasteiger partial charge in [0, 0.05) is 61.1 Å². The first kappa shape index (κ1) is 23.0. The molecule has 0 aliphatic carbocycles. The number of alkyl halides is 3. The number of fused-ring (bicyclic) bond motifs is 1. The van der Waals surface area contributed by atoms with E-state index in [-0.39, 0.29) is 0 Å². The number of halogens is 3. The monoisotopic (exact) mass is 446 g/mol. The highest BCUT2D eigenvalue weighted by molar-refractivity contribution is 5.73. The van der Waals surface area contributed by atoms with Gasteiger partial charge in [-0.1, -0.05) is 6.92 Å². The van der Waals surface area contributed by atoms with Crippen molar-refractivity contribution in [2.45, 2.75) is 32.4 Å². The van der Waals surface area contributed by atoms with Crippen molar-refractivity contribution in [2.24, 2.45) is 0 Å². The number of rotatable bonds is 3. The number of pyridine rings is 1. The van der Waals surface area contributed by atoms with Crippen molar-refractivity contribution in [2.75, 3.05) is 18.0 Å². The Morgan fingerprint density at radius 3 is 2.38 bits per heavy atom. The van der Waals surface area contributed by atoms with Crippen LogP contribution in [0.5, 0.6) is 0 Å². The molecule has 4 rings (SSSR count). The van der Waals surface area contributed by atoms with Crippen molar-refractivity contribution in [1.82, 2.24) is 24.9 Å². The van der Waals surface area contributed by atoms with Crippen LogP contribution in [0.1, 0.15) is 23.7 Å². The van der Waals surface area contributed by atoms with Crippen molar-refractivity contribution >= 4 is 11.9 Å². The van der Waals surface area contributed by atoms with E-state index in [4.69, 9.17) is 9.90 Å². The fraction of sp³-hybridized carbons (Fsp3) is 0.333. The van der Waals surface area contributed by atoms with Crippen LogP contribution in [0.4, 0.5) is 19.1 Å². The number of aryl methyl sites for hydroxylation is 1. The lowest BCUT2D eigenvalue weighted by molar-refractivity contribution is -0.192. The van der Waals surface area contributed by atoms with Gasteiger partial charge in [0.15, 0.2) is 0 Å². The van der Waals surface area contributed by atoms with Crippen LogP contribution in [0.15, 0.2) is 43.2 Å². The van der Waals surface area contributed by atoms with E-state index >= 15 is 0 Å². The molecule has 0 amide bonds. The number of carbonyl (C=O) groups is 1. The minimum Gasteiger partial charge on any atom is -0.475 e. The van der Waals surface area contributed by atoms with E-state index in [9.17, 15) is 13.2 Å². The Balaban J connectivity index is 0.000000360. The summed E-state index contributed by atoms with van der Waals surface area (Å²) in [6.07, 6.45) is 6.74. The number of hydrogen-bond donors (Lipinski definition) is 1. The summed E-state index contributed by atoms with van der Waals surface area (Å²) in [4.78, 5) is 33.4. The van der Waals surface area contributed by atoms with E-state index in [0.717, 1.165) is 60.8 Å². The van der Waals surface area contributed by atoms with Gasteiger partial charge in [0.1, 0.15) is 6.33 Å². The van der Waals surface area contributed by atoms with Crippen LogP contribution in [0, 0.1) is 0 Å². The maximum absolute atomic E-state index is 10.6. The van der Waals surface area contributed by atoms with Crippen molar-refractivity contribution in [3.63, 3.8) is 0 Å². The fourth-order valence-corrected chi connectivity index (χ4v) is 3.17. The predicted octanol–water partition coefficient (Wildman–Crippen LogP) is 3.13. The van der Waals surface area contributed by atoms with Crippen LogP contribution in [0.25, 0.3) is 11.3 Å². The molecule has 0 radical (unpaired) electrons. The molecule has 32 heavy (non-hydrogen) atoms. The van der Waals surface area contributed by atoms with E-state index in [1.807, 2.05) is 30.7 Å². The number of aliphatic carboxylic acids is 1. The van der Waals surface area contributed by atoms with Crippen molar-refractivity contribution in [3.05, 3.63) is 60.1 Å². The Morgan fingerprint density at radius 2 is 1.78 bits per heavy atom. The summed E-state index contributed by atoms with van der Waals surface area (Å²) in [5.74, 6) is -1.96. The minimum atomic E-state index is -5.08. The molecular weight excluding hydrogens is 425 g/mol. The van der Waals surface area contributed by atoms with Gasteiger partial charge in [-0.2, -0.15) is 13.2 Å². The summed E-state index contributed by atoms with van der Waals surface area (Å²) in [5.41, 5.74) is 5.51. The smallest absolute Gasteiger partial charge is 0.475 e. The topological polar surface area (TPSA) is 105 Å². The molecule has 0 spiro atoms. The van der Waals surface area contributed by atoms with Crippen LogP contribution >= 0.6 is 0 Å². The SMILES string of the molecule is CCc1cnc(N2CCc3ncnc(-c4cccnc4)c3CC2)nc1.O=C(O)C(F)(F)F. The largest absolute Gasteiger partial charge is 0.490 e. The maximum Gasteiger partial charge on any atom is 0.490 e. The van der Waals surface area contributed by atoms with E-state index < -0.39 is 12.1 Å². The number of carboxylic acid groups (broad SMARTS) is 1. The van der Waals surface area contributed by atoms with Crippen LogP contribution in [0.3, 0.4) is 0 Å². The Labute approximate surface area is 182 Å². The van der Waals surface area contributed by atoms with Crippen molar-refractivity contribution in [1.29, 1.82) is 0 Å². The Bertz CT molecular complexity index is 1050. The molecule has 3 aromatic rings. The number of aromatic nitrogens is 5. The average molecular weight is 446 g/mol. The third-order valence-electron chi connectivity index (χ3n) is 4.85. The van der Waals surface area contributed by atoms with Gasteiger partial charge in [0.25, 0.3) is 0 Å². The quantitative estimate of drug-likeness (QED) is 0.654. The van der Waals surface area contributed by atoms with E-state index in [0.29, 0.717) is 0 Å². The lowest BCUT2D eigenvalue weighted by atomic mass is 10.0. The highest BCUT2D eigenvalue weighted by atomic mass is 19.4. The molecule has 1 aliphatic rings. The summed E-state index contributed by atoms with van der Waals surface area (Å²) in [6, 6.07) is 3.99. The number of nitrogens with zero attached hydrogens (tertiary/aromatic N) is 6. The molecule has 0 unspecified atom stereocenters. The third-order valence-corrected chi connectivity index (χ3v) is 4.85. The standard InChI is InChI=1S/C19H20N6.C2HF3O2/c1-2-14-10-21-19(22-11-14)25-8-5-16-17(6-9-25)23-13-24-18(16)15-4-3-7-20-12-15;3-2(4,5)1(6)7/h3-4,7,10-13H,2,5-6,8-9H2,1H3;(H,6,7). The van der Waals surface area contributed by atoms with Gasteiger partial charge in [-0.25, -0.2) is 24.7 Å². The molecule has 0 atom stereocenters. The second-order valence-electron chi connectivity index (χ2n) is 6.92. The molecule has 11 heteroatoms.